The summed E-state index contributed by atoms with van der Waals surface area (Å²) in [7, 11) is 0. The van der Waals surface area contributed by atoms with Gasteiger partial charge in [0, 0.05) is 62.7 Å². The van der Waals surface area contributed by atoms with Crippen molar-refractivity contribution in [3.8, 4) is 0 Å². The second-order valence-corrected chi connectivity index (χ2v) is 9.69. The summed E-state index contributed by atoms with van der Waals surface area (Å²) in [6.45, 7) is 4.09. The molecule has 35 heavy (non-hydrogen) atoms. The number of aromatic nitrogens is 4. The predicted molar refractivity (Wildman–Crippen MR) is 138 cm³/mol. The average molecular weight is 495 g/mol. The van der Waals surface area contributed by atoms with Gasteiger partial charge in [-0.25, -0.2) is 19.9 Å². The molecule has 1 saturated carbocycles. The molecule has 0 radical (unpaired) electrons. The van der Waals surface area contributed by atoms with Gasteiger partial charge in [-0.05, 0) is 55.4 Å². The third kappa shape index (κ3) is 6.15. The highest BCUT2D eigenvalue weighted by molar-refractivity contribution is 6.33. The molecule has 3 aromatic heterocycles. The topological polar surface area (TPSA) is 108 Å². The van der Waals surface area contributed by atoms with E-state index in [-0.39, 0.29) is 5.91 Å². The molecule has 4 heterocycles. The Balaban J connectivity index is 1.05. The number of amides is 1. The van der Waals surface area contributed by atoms with Crippen LogP contribution in [0.5, 0.6) is 0 Å². The lowest BCUT2D eigenvalue weighted by Crippen LogP contribution is -2.46. The number of carbonyl (C=O) groups excluding carboxylic acids is 1. The highest BCUT2D eigenvalue weighted by Gasteiger charge is 2.22. The van der Waals surface area contributed by atoms with Gasteiger partial charge in [0.05, 0.1) is 6.42 Å². The van der Waals surface area contributed by atoms with Crippen LogP contribution in [0.15, 0.2) is 36.8 Å². The molecule has 184 valence electrons. The largest absolute Gasteiger partial charge is 0.367 e. The van der Waals surface area contributed by atoms with Gasteiger partial charge in [0.2, 0.25) is 11.9 Å². The first-order valence-electron chi connectivity index (χ1n) is 12.3. The van der Waals surface area contributed by atoms with Crippen molar-refractivity contribution in [1.82, 2.24) is 30.2 Å². The fourth-order valence-electron chi connectivity index (χ4n) is 4.79. The smallest absolute Gasteiger partial charge is 0.227 e. The van der Waals surface area contributed by atoms with E-state index in [1.54, 1.807) is 18.6 Å². The minimum atomic E-state index is 0.139. The normalized spacial score (nSPS) is 20.5. The first-order valence-corrected chi connectivity index (χ1v) is 12.7. The molecule has 0 unspecified atom stereocenters. The van der Waals surface area contributed by atoms with Crippen LogP contribution in [0.3, 0.4) is 0 Å². The quantitative estimate of drug-likeness (QED) is 0.430. The van der Waals surface area contributed by atoms with Crippen molar-refractivity contribution >= 4 is 40.2 Å². The molecule has 0 atom stereocenters. The van der Waals surface area contributed by atoms with Crippen molar-refractivity contribution in [2.24, 2.45) is 5.92 Å². The molecular formula is C25H31ClN8O. The van der Waals surface area contributed by atoms with E-state index in [9.17, 15) is 4.79 Å². The maximum Gasteiger partial charge on any atom is 0.227 e. The van der Waals surface area contributed by atoms with Crippen LogP contribution in [0.4, 0.5) is 11.8 Å². The lowest BCUT2D eigenvalue weighted by molar-refractivity contribution is -0.131. The molecule has 3 N–H and O–H groups in total. The van der Waals surface area contributed by atoms with Crippen LogP contribution in [-0.4, -0.2) is 69.5 Å². The van der Waals surface area contributed by atoms with Crippen LogP contribution in [0.1, 0.15) is 31.2 Å². The molecule has 1 aliphatic heterocycles. The van der Waals surface area contributed by atoms with Crippen molar-refractivity contribution in [2.45, 2.75) is 38.1 Å². The number of halogens is 1. The van der Waals surface area contributed by atoms with Crippen molar-refractivity contribution in [1.29, 1.82) is 0 Å². The molecule has 1 saturated heterocycles. The highest BCUT2D eigenvalue weighted by Crippen LogP contribution is 2.27. The fraction of sp³-hybridized carbons (Fsp3) is 0.480. The van der Waals surface area contributed by atoms with Crippen molar-refractivity contribution in [3.63, 3.8) is 0 Å². The fourth-order valence-corrected chi connectivity index (χ4v) is 5.00. The van der Waals surface area contributed by atoms with E-state index in [0.29, 0.717) is 29.5 Å². The number of hydrogen-bond donors (Lipinski definition) is 3. The Morgan fingerprint density at radius 1 is 1.06 bits per heavy atom. The number of pyridine rings is 2. The minimum Gasteiger partial charge on any atom is -0.367 e. The Labute approximate surface area is 210 Å². The molecule has 10 heteroatoms. The zero-order valence-electron chi connectivity index (χ0n) is 19.7. The molecule has 0 aromatic carbocycles. The Morgan fingerprint density at radius 3 is 2.60 bits per heavy atom. The molecule has 2 fully saturated rings. The number of anilines is 2. The lowest BCUT2D eigenvalue weighted by atomic mass is 9.86. The standard InChI is InChI=1S/C25H31ClN8O/c26-24-23-19(7-8-28-24)3-6-21(33-23)32-20-4-1-17(2-5-20)14-29-25-30-15-18(16-31-25)13-22(35)34-11-9-27-10-12-34/h3,6-8,15-17,20,27H,1-2,4-5,9-14H2,(H,32,33)(H,29,30,31)/t17-,20-. The van der Waals surface area contributed by atoms with E-state index < -0.39 is 0 Å². The van der Waals surface area contributed by atoms with Crippen LogP contribution in [-0.2, 0) is 11.2 Å². The van der Waals surface area contributed by atoms with Gasteiger partial charge in [-0.3, -0.25) is 4.79 Å². The molecule has 0 spiro atoms. The van der Waals surface area contributed by atoms with Crippen molar-refractivity contribution in [3.05, 3.63) is 47.5 Å². The maximum absolute atomic E-state index is 12.4. The SMILES string of the molecule is O=C(Cc1cnc(NC[C@H]2CC[C@H](Nc3ccc4ccnc(Cl)c4n3)CC2)nc1)N1CCNCC1. The van der Waals surface area contributed by atoms with E-state index in [4.69, 9.17) is 11.6 Å². The van der Waals surface area contributed by atoms with Gasteiger partial charge < -0.3 is 20.9 Å². The molecule has 1 aliphatic carbocycles. The van der Waals surface area contributed by atoms with Crippen LogP contribution < -0.4 is 16.0 Å². The van der Waals surface area contributed by atoms with Gasteiger partial charge in [-0.1, -0.05) is 11.6 Å². The maximum atomic E-state index is 12.4. The Bertz CT molecular complexity index is 1140. The molecule has 0 bridgehead atoms. The lowest BCUT2D eigenvalue weighted by Gasteiger charge is -2.29. The van der Waals surface area contributed by atoms with E-state index >= 15 is 0 Å². The summed E-state index contributed by atoms with van der Waals surface area (Å²) in [5.41, 5.74) is 1.58. The molecule has 9 nitrogen and oxygen atoms in total. The first kappa shape index (κ1) is 23.7. The number of hydrogen-bond acceptors (Lipinski definition) is 8. The van der Waals surface area contributed by atoms with Crippen molar-refractivity contribution in [2.75, 3.05) is 43.4 Å². The molecule has 2 aliphatic rings. The Morgan fingerprint density at radius 2 is 1.83 bits per heavy atom. The summed E-state index contributed by atoms with van der Waals surface area (Å²) >= 11 is 6.20. The summed E-state index contributed by atoms with van der Waals surface area (Å²) < 4.78 is 0. The summed E-state index contributed by atoms with van der Waals surface area (Å²) in [5.74, 6) is 2.18. The van der Waals surface area contributed by atoms with Gasteiger partial charge in [-0.15, -0.1) is 0 Å². The monoisotopic (exact) mass is 494 g/mol. The van der Waals surface area contributed by atoms with E-state index in [1.807, 2.05) is 23.1 Å². The predicted octanol–water partition coefficient (Wildman–Crippen LogP) is 3.13. The summed E-state index contributed by atoms with van der Waals surface area (Å²) in [4.78, 5) is 31.9. The van der Waals surface area contributed by atoms with Gasteiger partial charge in [0.15, 0.2) is 5.15 Å². The minimum absolute atomic E-state index is 0.139. The number of nitrogens with one attached hydrogen (secondary N) is 3. The van der Waals surface area contributed by atoms with E-state index in [1.165, 1.54) is 0 Å². The number of fused-ring (bicyclic) bond motifs is 1. The highest BCUT2D eigenvalue weighted by atomic mass is 35.5. The summed E-state index contributed by atoms with van der Waals surface area (Å²) in [6, 6.07) is 6.35. The van der Waals surface area contributed by atoms with Gasteiger partial charge in [0.25, 0.3) is 0 Å². The molecular weight excluding hydrogens is 464 g/mol. The van der Waals surface area contributed by atoms with Crippen molar-refractivity contribution < 1.29 is 4.79 Å². The summed E-state index contributed by atoms with van der Waals surface area (Å²) in [6.07, 6.45) is 9.98. The van der Waals surface area contributed by atoms with Gasteiger partial charge in [0.1, 0.15) is 11.3 Å². The number of carbonyl (C=O) groups is 1. The summed E-state index contributed by atoms with van der Waals surface area (Å²) in [5, 5.41) is 11.6. The number of rotatable bonds is 7. The van der Waals surface area contributed by atoms with Gasteiger partial charge in [-0.2, -0.15) is 0 Å². The second-order valence-electron chi connectivity index (χ2n) is 9.34. The zero-order chi connectivity index (χ0) is 24.0. The third-order valence-corrected chi connectivity index (χ3v) is 7.12. The van der Waals surface area contributed by atoms with Crippen LogP contribution in [0.25, 0.3) is 10.9 Å². The average Bonchev–Trinajstić information content (AvgIpc) is 2.90. The number of nitrogens with zero attached hydrogens (tertiary/aromatic N) is 5. The molecule has 5 rings (SSSR count). The third-order valence-electron chi connectivity index (χ3n) is 6.84. The first-order chi connectivity index (χ1) is 17.1. The van der Waals surface area contributed by atoms with E-state index in [2.05, 4.69) is 35.9 Å². The van der Waals surface area contributed by atoms with Crippen LogP contribution in [0, 0.1) is 5.92 Å². The zero-order valence-corrected chi connectivity index (χ0v) is 20.5. The van der Waals surface area contributed by atoms with Gasteiger partial charge >= 0.3 is 0 Å². The number of piperazine rings is 1. The Kier molecular flexibility index (Phi) is 7.54. The second kappa shape index (κ2) is 11.1. The molecule has 3 aromatic rings. The van der Waals surface area contributed by atoms with Crippen LogP contribution in [0.2, 0.25) is 5.15 Å². The van der Waals surface area contributed by atoms with Crippen LogP contribution >= 0.6 is 11.6 Å². The Hall–Kier alpha value is -3.04. The van der Waals surface area contributed by atoms with E-state index in [0.717, 1.165) is 80.7 Å². The molecule has 1 amide bonds.